The van der Waals surface area contributed by atoms with Gasteiger partial charge in [0.1, 0.15) is 59.2 Å². The predicted molar refractivity (Wildman–Crippen MR) is 338 cm³/mol. The lowest BCUT2D eigenvalue weighted by Crippen LogP contribution is -2.64. The molecule has 4 fully saturated rings. The number of likely N-dealkylation sites (tertiary alicyclic amines) is 1. The van der Waals surface area contributed by atoms with Crippen LogP contribution in [0.3, 0.4) is 0 Å². The van der Waals surface area contributed by atoms with Crippen LogP contribution in [0.1, 0.15) is 87.2 Å². The Hall–Kier alpha value is -8.17. The van der Waals surface area contributed by atoms with E-state index in [1.807, 2.05) is 24.3 Å². The van der Waals surface area contributed by atoms with Crippen LogP contribution in [0.25, 0.3) is 26.8 Å². The standard InChI is InChI=1S/C61H78N12O21S2/c1-30-27-72-49(50(30)80)57(87)63-26-36(75)23-39(64-53(83)33-10-8-32(9-11-33)40-29-73-61(65-40)95-58(69-73)34-12-15-38(16-13-34)91-21-7-6-20-70-18-4-3-5-19-70)54(84)66-46(31(2)74)59(88)71-28-37(76)24-41(71)55(85)68-48(56(86)67-47(60(72)89)43(78)25-45(62)79)52(82)51(81)35-14-17-42(77)44(22-35)92-96-94-93-90/h8-17,22,29-31,36-37,39,41,43,46-52,74-78,80-82,90H,3-7,18-21,23-28H2,1-2H3,(H2,62,79)(H,63,87)(H,64,83)(H,66,84)(H,67,86)(H,68,85). The van der Waals surface area contributed by atoms with Gasteiger partial charge in [0.2, 0.25) is 46.3 Å². The molecule has 0 spiro atoms. The summed E-state index contributed by atoms with van der Waals surface area (Å²) in [6, 6.07) is 4.35. The van der Waals surface area contributed by atoms with E-state index in [1.165, 1.54) is 62.7 Å². The maximum atomic E-state index is 14.7. The number of aromatic nitrogens is 3. The van der Waals surface area contributed by atoms with Crippen LogP contribution in [0.4, 0.5) is 0 Å². The predicted octanol–water partition coefficient (Wildman–Crippen LogP) is -1.85. The summed E-state index contributed by atoms with van der Waals surface area (Å²) in [6.07, 6.45) is -8.58. The van der Waals surface area contributed by atoms with Crippen LogP contribution in [0.5, 0.6) is 17.2 Å². The minimum absolute atomic E-state index is 0.0100. The van der Waals surface area contributed by atoms with Gasteiger partial charge in [-0.25, -0.2) is 14.8 Å². The Balaban J connectivity index is 0.955. The Morgan fingerprint density at radius 2 is 1.49 bits per heavy atom. The molecular weight excluding hydrogens is 1300 g/mol. The highest BCUT2D eigenvalue weighted by molar-refractivity contribution is 7.90. The number of amides is 8. The van der Waals surface area contributed by atoms with Crippen molar-refractivity contribution in [2.75, 3.05) is 45.9 Å². The number of carbonyl (C=O) groups excluding carboxylic acids is 8. The number of nitrogens with one attached hydrogen (secondary N) is 5. The number of benzene rings is 3. The quantitative estimate of drug-likeness (QED) is 0.0166. The Labute approximate surface area is 557 Å². The smallest absolute Gasteiger partial charge is 0.261 e. The summed E-state index contributed by atoms with van der Waals surface area (Å²) in [5, 5.41) is 120. The number of ether oxygens (including phenoxy) is 1. The maximum absolute atomic E-state index is 14.7. The molecule has 5 aromatic rings. The molecule has 0 radical (unpaired) electrons. The van der Waals surface area contributed by atoms with E-state index in [0.29, 0.717) is 27.8 Å². The molecule has 4 aliphatic rings. The molecule has 2 aromatic heterocycles. The molecule has 4 aliphatic heterocycles. The zero-order valence-electron chi connectivity index (χ0n) is 52.1. The molecule has 14 atom stereocenters. The molecule has 35 heteroatoms. The summed E-state index contributed by atoms with van der Waals surface area (Å²) in [6.45, 7) is 4.73. The van der Waals surface area contributed by atoms with Crippen LogP contribution in [0.15, 0.2) is 72.9 Å². The molecule has 520 valence electrons. The highest BCUT2D eigenvalue weighted by atomic mass is 32.2. The number of aromatic hydroxyl groups is 1. The third-order valence-corrected chi connectivity index (χ3v) is 18.5. The summed E-state index contributed by atoms with van der Waals surface area (Å²) >= 11 is 1.33. The molecule has 9 rings (SSSR count). The lowest BCUT2D eigenvalue weighted by atomic mass is 9.96. The van der Waals surface area contributed by atoms with E-state index < -0.39 is 183 Å². The van der Waals surface area contributed by atoms with E-state index in [4.69, 9.17) is 30.0 Å². The summed E-state index contributed by atoms with van der Waals surface area (Å²) in [7, 11) is 0. The lowest BCUT2D eigenvalue weighted by molar-refractivity contribution is -0.433. The molecule has 16 N–H and O–H groups in total. The van der Waals surface area contributed by atoms with Gasteiger partial charge in [0.15, 0.2) is 11.5 Å². The van der Waals surface area contributed by atoms with Crippen LogP contribution in [-0.4, -0.2) is 241 Å². The number of hydrogen-bond acceptors (Lipinski definition) is 26. The molecule has 0 aliphatic carbocycles. The van der Waals surface area contributed by atoms with Crippen LogP contribution in [0, 0.1) is 5.92 Å². The van der Waals surface area contributed by atoms with Gasteiger partial charge in [-0.1, -0.05) is 52.3 Å². The topological polar surface area (TPSA) is 482 Å². The van der Waals surface area contributed by atoms with E-state index >= 15 is 0 Å². The molecule has 8 amide bonds. The number of hydrogen-bond donors (Lipinski definition) is 15. The van der Waals surface area contributed by atoms with Crippen molar-refractivity contribution >= 4 is 75.9 Å². The average molecular weight is 1380 g/mol. The van der Waals surface area contributed by atoms with Crippen molar-refractivity contribution in [2.24, 2.45) is 11.7 Å². The summed E-state index contributed by atoms with van der Waals surface area (Å²) in [5.74, 6) is -11.2. The molecule has 14 unspecified atom stereocenters. The Bertz CT molecular complexity index is 3530. The molecular formula is C61H78N12O21S2. The first kappa shape index (κ1) is 72.1. The first-order valence-corrected chi connectivity index (χ1v) is 32.6. The van der Waals surface area contributed by atoms with E-state index in [9.17, 15) is 79.2 Å². The van der Waals surface area contributed by atoms with Crippen molar-refractivity contribution in [2.45, 2.75) is 144 Å². The number of primary amides is 1. The molecule has 0 bridgehead atoms. The van der Waals surface area contributed by atoms with Crippen molar-refractivity contribution in [1.82, 2.24) is 55.9 Å². The van der Waals surface area contributed by atoms with Gasteiger partial charge in [0.25, 0.3) is 18.2 Å². The van der Waals surface area contributed by atoms with Gasteiger partial charge in [-0.2, -0.15) is 5.10 Å². The fourth-order valence-corrected chi connectivity index (χ4v) is 13.1. The number of phenols is 1. The second-order valence-electron chi connectivity index (χ2n) is 24.2. The van der Waals surface area contributed by atoms with Crippen molar-refractivity contribution in [3.8, 4) is 39.1 Å². The summed E-state index contributed by atoms with van der Waals surface area (Å²) in [5.41, 5.74) is 6.99. The number of nitrogens with two attached hydrogens (primary N) is 1. The molecule has 33 nitrogen and oxygen atoms in total. The number of rotatable bonds is 21. The number of aliphatic hydroxyl groups is 7. The monoisotopic (exact) mass is 1380 g/mol. The number of unbranched alkanes of at least 4 members (excludes halogenated alkanes) is 1. The minimum atomic E-state index is -2.53. The van der Waals surface area contributed by atoms with Crippen LogP contribution >= 0.6 is 23.7 Å². The third-order valence-electron chi connectivity index (χ3n) is 17.1. The normalized spacial score (nSPS) is 25.7. The van der Waals surface area contributed by atoms with Gasteiger partial charge in [-0.15, -0.1) is 0 Å². The van der Waals surface area contributed by atoms with Crippen LogP contribution in [0.2, 0.25) is 0 Å². The zero-order valence-corrected chi connectivity index (χ0v) is 53.8. The lowest BCUT2D eigenvalue weighted by Gasteiger charge is -2.34. The number of carbonyl (C=O) groups is 8. The van der Waals surface area contributed by atoms with Crippen LogP contribution in [-0.2, 0) is 42.9 Å². The summed E-state index contributed by atoms with van der Waals surface area (Å²) < 4.78 is 16.8. The molecule has 0 saturated carbocycles. The fraction of sp³-hybridized carbons (Fsp3) is 0.508. The second kappa shape index (κ2) is 32.7. The number of fused-ring (bicyclic) bond motifs is 3. The largest absolute Gasteiger partial charge is 0.504 e. The van der Waals surface area contributed by atoms with Gasteiger partial charge < -0.3 is 96.8 Å². The van der Waals surface area contributed by atoms with Gasteiger partial charge in [0, 0.05) is 55.1 Å². The SMILES string of the molecule is CC(O)C1NC(=O)C(NC(=O)c2ccc(-c3cn4nc(-c5ccc(OCCCCN6CCCCC6)cc5)sc4n3)cc2)CC(O)CNC(=O)C2C(O)C(C)CN2C(=O)C(C(O)CC(N)=O)NC(=O)C(C(O)C(O)c2ccc(O)c(OSOOO)c2)NC(=O)C2CC(O)CN2C1=O. The Morgan fingerprint density at radius 1 is 0.802 bits per heavy atom. The van der Waals surface area contributed by atoms with Crippen molar-refractivity contribution in [3.05, 3.63) is 84.1 Å². The zero-order chi connectivity index (χ0) is 69.1. The van der Waals surface area contributed by atoms with Gasteiger partial charge >= 0.3 is 0 Å². The van der Waals surface area contributed by atoms with Crippen molar-refractivity contribution in [1.29, 1.82) is 0 Å². The number of β-amino-alcohol motifs (C(OH)–C–C–N with tert-alkyl or cyclic N) is 1. The van der Waals surface area contributed by atoms with E-state index in [0.717, 1.165) is 65.6 Å². The third kappa shape index (κ3) is 17.7. The number of aliphatic hydroxyl groups excluding tert-OH is 7. The molecule has 3 aromatic carbocycles. The van der Waals surface area contributed by atoms with E-state index in [1.54, 1.807) is 22.8 Å². The number of piperidine rings is 1. The highest BCUT2D eigenvalue weighted by Gasteiger charge is 2.50. The molecule has 6 heterocycles. The first-order chi connectivity index (χ1) is 45.9. The van der Waals surface area contributed by atoms with Gasteiger partial charge in [-0.05, 0) is 106 Å². The molecule has 4 saturated heterocycles. The summed E-state index contributed by atoms with van der Waals surface area (Å²) in [4.78, 5) is 123. The molecule has 96 heavy (non-hydrogen) atoms. The number of phenolic OH excluding ortho intramolecular Hbond substituents is 1. The maximum Gasteiger partial charge on any atom is 0.261 e. The van der Waals surface area contributed by atoms with E-state index in [-0.39, 0.29) is 23.5 Å². The van der Waals surface area contributed by atoms with E-state index in [2.05, 4.69) is 40.9 Å². The average Bonchev–Trinajstić information content (AvgIpc) is 1.64. The Morgan fingerprint density at radius 3 is 2.18 bits per heavy atom. The number of nitrogens with zero attached hydrogens (tertiary/aromatic N) is 6. The second-order valence-corrected chi connectivity index (χ2v) is 25.6. The van der Waals surface area contributed by atoms with Crippen LogP contribution < -0.4 is 41.2 Å². The first-order valence-electron chi connectivity index (χ1n) is 31.1. The Kier molecular flexibility index (Phi) is 24.6. The number of imidazole rings is 1. The fourth-order valence-electron chi connectivity index (χ4n) is 11.9. The highest BCUT2D eigenvalue weighted by Crippen LogP contribution is 2.35. The van der Waals surface area contributed by atoms with Crippen molar-refractivity contribution in [3.63, 3.8) is 0 Å². The van der Waals surface area contributed by atoms with Gasteiger partial charge in [0.05, 0.1) is 55.4 Å². The van der Waals surface area contributed by atoms with Crippen molar-refractivity contribution < 1.29 is 103 Å². The van der Waals surface area contributed by atoms with Gasteiger partial charge in [-0.3, -0.25) is 38.4 Å². The minimum Gasteiger partial charge on any atom is -0.504 e.